The molecule has 1 aromatic rings. The molecule has 8 atom stereocenters. The molecule has 2 N–H and O–H groups in total. The van der Waals surface area contributed by atoms with Crippen LogP contribution >= 0.6 is 23.2 Å². The predicted molar refractivity (Wildman–Crippen MR) is 161 cm³/mol. The van der Waals surface area contributed by atoms with Crippen LogP contribution < -0.4 is 10.6 Å². The van der Waals surface area contributed by atoms with Crippen LogP contribution in [-0.4, -0.2) is 78.0 Å². The maximum Gasteiger partial charge on any atom is 0.246 e. The van der Waals surface area contributed by atoms with E-state index in [0.29, 0.717) is 40.7 Å². The number of hydrogen-bond acceptors (Lipinski definition) is 5. The fraction of sp³-hybridized carbons (Fsp3) is 0.645. The SMILES string of the molecule is CCCCN(C)CCN1C(=O)C2C(C(=O)Nc3cc(Cl)cc(Cl)c3)C3C=CC2(O3)C1C(=O)NC1CCCC(C)C1C. The molecule has 1 aromatic carbocycles. The molecule has 3 heterocycles. The number of amides is 3. The minimum absolute atomic E-state index is 0.0418. The normalized spacial score (nSPS) is 33.9. The number of rotatable bonds is 10. The van der Waals surface area contributed by atoms with Crippen LogP contribution in [0.4, 0.5) is 5.69 Å². The smallest absolute Gasteiger partial charge is 0.246 e. The van der Waals surface area contributed by atoms with Crippen LogP contribution in [0, 0.1) is 23.7 Å². The second-order valence-electron chi connectivity index (χ2n) is 12.4. The maximum absolute atomic E-state index is 14.2. The lowest BCUT2D eigenvalue weighted by Gasteiger charge is -2.38. The molecule has 3 fully saturated rings. The van der Waals surface area contributed by atoms with Gasteiger partial charge >= 0.3 is 0 Å². The first kappa shape index (κ1) is 30.3. The standard InChI is InChI=1S/C31H42Cl2N4O4/c1-5-6-12-36(4)13-14-37-27(29(39)35-23-9-7-8-18(2)19(23)3)31-11-10-24(41-31)25(26(31)30(37)40)28(38)34-22-16-20(32)15-21(33)17-22/h10-11,15-19,23-27H,5-9,12-14H2,1-4H3,(H,34,38)(H,35,39). The monoisotopic (exact) mass is 604 g/mol. The highest BCUT2D eigenvalue weighted by Crippen LogP contribution is 2.55. The Morgan fingerprint density at radius 1 is 1.12 bits per heavy atom. The Balaban J connectivity index is 1.42. The number of likely N-dealkylation sites (tertiary alicyclic amines) is 1. The van der Waals surface area contributed by atoms with Crippen molar-refractivity contribution < 1.29 is 19.1 Å². The summed E-state index contributed by atoms with van der Waals surface area (Å²) < 4.78 is 6.49. The topological polar surface area (TPSA) is 91.0 Å². The molecular formula is C31H42Cl2N4O4. The molecule has 1 saturated carbocycles. The van der Waals surface area contributed by atoms with Crippen LogP contribution in [0.2, 0.25) is 10.0 Å². The zero-order valence-electron chi connectivity index (χ0n) is 24.4. The van der Waals surface area contributed by atoms with Crippen molar-refractivity contribution in [2.24, 2.45) is 23.7 Å². The Morgan fingerprint density at radius 2 is 1.85 bits per heavy atom. The third-order valence-electron chi connectivity index (χ3n) is 9.71. The summed E-state index contributed by atoms with van der Waals surface area (Å²) in [7, 11) is 2.03. The van der Waals surface area contributed by atoms with Crippen LogP contribution in [0.25, 0.3) is 0 Å². The summed E-state index contributed by atoms with van der Waals surface area (Å²) in [4.78, 5) is 45.9. The third kappa shape index (κ3) is 5.77. The summed E-state index contributed by atoms with van der Waals surface area (Å²) in [5.41, 5.74) is -0.742. The molecule has 4 aliphatic rings. The van der Waals surface area contributed by atoms with Gasteiger partial charge in [0.2, 0.25) is 17.7 Å². The second-order valence-corrected chi connectivity index (χ2v) is 13.3. The molecule has 41 heavy (non-hydrogen) atoms. The Bertz CT molecular complexity index is 1190. The van der Waals surface area contributed by atoms with Gasteiger partial charge in [0.05, 0.1) is 17.9 Å². The summed E-state index contributed by atoms with van der Waals surface area (Å²) in [5, 5.41) is 6.99. The van der Waals surface area contributed by atoms with E-state index in [4.69, 9.17) is 27.9 Å². The predicted octanol–water partition coefficient (Wildman–Crippen LogP) is 4.76. The lowest BCUT2D eigenvalue weighted by atomic mass is 9.73. The highest BCUT2D eigenvalue weighted by Gasteiger charge is 2.72. The fourth-order valence-electron chi connectivity index (χ4n) is 7.23. The van der Waals surface area contributed by atoms with E-state index < -0.39 is 29.6 Å². The van der Waals surface area contributed by atoms with Crippen LogP contribution in [0.5, 0.6) is 0 Å². The van der Waals surface area contributed by atoms with Crippen LogP contribution in [0.15, 0.2) is 30.4 Å². The highest BCUT2D eigenvalue weighted by molar-refractivity contribution is 6.35. The Morgan fingerprint density at radius 3 is 2.56 bits per heavy atom. The third-order valence-corrected chi connectivity index (χ3v) is 10.1. The fourth-order valence-corrected chi connectivity index (χ4v) is 7.75. The van der Waals surface area contributed by atoms with Gasteiger partial charge in [0.25, 0.3) is 0 Å². The van der Waals surface area contributed by atoms with Crippen molar-refractivity contribution in [3.05, 3.63) is 40.4 Å². The van der Waals surface area contributed by atoms with Crippen molar-refractivity contribution in [3.8, 4) is 0 Å². The van der Waals surface area contributed by atoms with Gasteiger partial charge in [-0.3, -0.25) is 14.4 Å². The number of likely N-dealkylation sites (N-methyl/N-ethyl adjacent to an activating group) is 1. The van der Waals surface area contributed by atoms with Gasteiger partial charge in [0.15, 0.2) is 0 Å². The molecule has 224 valence electrons. The number of unbranched alkanes of at least 4 members (excludes halogenated alkanes) is 1. The first-order valence-corrected chi connectivity index (χ1v) is 15.7. The Kier molecular flexibility index (Phi) is 9.05. The summed E-state index contributed by atoms with van der Waals surface area (Å²) >= 11 is 12.3. The van der Waals surface area contributed by atoms with Crippen molar-refractivity contribution in [2.75, 3.05) is 32.0 Å². The van der Waals surface area contributed by atoms with Crippen molar-refractivity contribution >= 4 is 46.6 Å². The lowest BCUT2D eigenvalue weighted by Crippen LogP contribution is -2.58. The average Bonchev–Trinajstić information content (AvgIpc) is 3.55. The van der Waals surface area contributed by atoms with Gasteiger partial charge in [-0.25, -0.2) is 0 Å². The van der Waals surface area contributed by atoms with Crippen LogP contribution in [0.3, 0.4) is 0 Å². The molecule has 10 heteroatoms. The van der Waals surface area contributed by atoms with E-state index in [0.717, 1.165) is 38.6 Å². The van der Waals surface area contributed by atoms with Gasteiger partial charge in [0, 0.05) is 34.9 Å². The van der Waals surface area contributed by atoms with Gasteiger partial charge in [-0.2, -0.15) is 0 Å². The van der Waals surface area contributed by atoms with E-state index in [-0.39, 0.29) is 23.8 Å². The van der Waals surface area contributed by atoms with Crippen LogP contribution in [-0.2, 0) is 19.1 Å². The van der Waals surface area contributed by atoms with E-state index >= 15 is 0 Å². The molecule has 8 unspecified atom stereocenters. The molecular weight excluding hydrogens is 563 g/mol. The summed E-state index contributed by atoms with van der Waals surface area (Å²) in [6.45, 7) is 8.49. The summed E-state index contributed by atoms with van der Waals surface area (Å²) in [6.07, 6.45) is 8.36. The van der Waals surface area contributed by atoms with E-state index in [1.54, 1.807) is 23.1 Å². The molecule has 3 aliphatic heterocycles. The average molecular weight is 606 g/mol. The number of carbonyl (C=O) groups excluding carboxylic acids is 3. The summed E-state index contributed by atoms with van der Waals surface area (Å²) in [6, 6.07) is 4.01. The number of nitrogens with zero attached hydrogens (tertiary/aromatic N) is 2. The Labute approximate surface area is 253 Å². The largest absolute Gasteiger partial charge is 0.359 e. The summed E-state index contributed by atoms with van der Waals surface area (Å²) in [5.74, 6) is -1.49. The van der Waals surface area contributed by atoms with Crippen molar-refractivity contribution in [2.45, 2.75) is 76.7 Å². The van der Waals surface area contributed by atoms with Gasteiger partial charge < -0.3 is 25.2 Å². The van der Waals surface area contributed by atoms with E-state index in [1.165, 1.54) is 0 Å². The van der Waals surface area contributed by atoms with Crippen molar-refractivity contribution in [1.82, 2.24) is 15.1 Å². The molecule has 0 radical (unpaired) electrons. The molecule has 0 aromatic heterocycles. The molecule has 1 aliphatic carbocycles. The second kappa shape index (κ2) is 12.2. The van der Waals surface area contributed by atoms with Crippen LogP contribution in [0.1, 0.15) is 52.9 Å². The number of ether oxygens (including phenoxy) is 1. The highest BCUT2D eigenvalue weighted by atomic mass is 35.5. The van der Waals surface area contributed by atoms with Gasteiger partial charge in [-0.15, -0.1) is 0 Å². The molecule has 3 amide bonds. The molecule has 8 nitrogen and oxygen atoms in total. The number of halogens is 2. The first-order valence-electron chi connectivity index (χ1n) is 15.0. The molecule has 1 spiro atoms. The van der Waals surface area contributed by atoms with Crippen molar-refractivity contribution in [1.29, 1.82) is 0 Å². The van der Waals surface area contributed by atoms with Crippen molar-refractivity contribution in [3.63, 3.8) is 0 Å². The molecule has 2 saturated heterocycles. The maximum atomic E-state index is 14.2. The van der Waals surface area contributed by atoms with Gasteiger partial charge in [0.1, 0.15) is 11.6 Å². The van der Waals surface area contributed by atoms with E-state index in [9.17, 15) is 14.4 Å². The van der Waals surface area contributed by atoms with E-state index in [1.807, 2.05) is 19.2 Å². The van der Waals surface area contributed by atoms with Gasteiger partial charge in [-0.1, -0.05) is 75.4 Å². The quantitative estimate of drug-likeness (QED) is 0.376. The zero-order chi connectivity index (χ0) is 29.5. The number of nitrogens with one attached hydrogen (secondary N) is 2. The number of hydrogen-bond donors (Lipinski definition) is 2. The first-order chi connectivity index (χ1) is 19.6. The number of benzene rings is 1. The number of carbonyl (C=O) groups is 3. The van der Waals surface area contributed by atoms with E-state index in [2.05, 4.69) is 36.3 Å². The number of anilines is 1. The lowest BCUT2D eigenvalue weighted by molar-refractivity contribution is -0.141. The molecule has 2 bridgehead atoms. The van der Waals surface area contributed by atoms with Gasteiger partial charge in [-0.05, 0) is 56.5 Å². The zero-order valence-corrected chi connectivity index (χ0v) is 25.9. The minimum atomic E-state index is -1.19. The minimum Gasteiger partial charge on any atom is -0.359 e. The number of fused-ring (bicyclic) bond motifs is 1. The Hall–Kier alpha value is -2.13. The molecule has 5 rings (SSSR count).